The van der Waals surface area contributed by atoms with Crippen LogP contribution in [0.15, 0.2) is 197 Å². The summed E-state index contributed by atoms with van der Waals surface area (Å²) in [6, 6.07) is 59.4. The predicted molar refractivity (Wildman–Crippen MR) is 238 cm³/mol. The molecule has 2 atom stereocenters. The molecule has 12 rings (SSSR count). The van der Waals surface area contributed by atoms with E-state index in [1.165, 1.54) is 53.7 Å². The number of rotatable bonds is 6. The Hall–Kier alpha value is -6.88. The second kappa shape index (κ2) is 12.8. The highest BCUT2D eigenvalue weighted by Crippen LogP contribution is 2.46. The maximum absolute atomic E-state index is 6.71. The number of allylic oxidation sites excluding steroid dienone is 4. The molecule has 4 heterocycles. The Morgan fingerprint density at radius 1 is 0.526 bits per heavy atom. The molecule has 0 saturated carbocycles. The third-order valence-corrected chi connectivity index (χ3v) is 13.1. The molecule has 0 radical (unpaired) electrons. The topological polar surface area (TPSA) is 31.2 Å². The van der Waals surface area contributed by atoms with E-state index in [4.69, 9.17) is 8.83 Å². The van der Waals surface area contributed by atoms with Crippen molar-refractivity contribution in [3.8, 4) is 16.8 Å². The molecule has 7 aromatic carbocycles. The lowest BCUT2D eigenvalue weighted by Crippen LogP contribution is -2.04. The van der Waals surface area contributed by atoms with Gasteiger partial charge >= 0.3 is 0 Å². The molecule has 0 bridgehead atoms. The third-order valence-electron chi connectivity index (χ3n) is 11.9. The van der Waals surface area contributed by atoms with Crippen LogP contribution in [0, 0.1) is 0 Å². The van der Waals surface area contributed by atoms with Crippen LogP contribution in [0.5, 0.6) is 0 Å². The molecule has 57 heavy (non-hydrogen) atoms. The van der Waals surface area contributed by atoms with Gasteiger partial charge in [0.15, 0.2) is 5.58 Å². The van der Waals surface area contributed by atoms with Gasteiger partial charge in [-0.1, -0.05) is 146 Å². The molecular formula is C53H35NO2S. The summed E-state index contributed by atoms with van der Waals surface area (Å²) in [5.41, 5.74) is 14.5. The molecule has 0 amide bonds. The number of para-hydroxylation sites is 1. The van der Waals surface area contributed by atoms with Crippen LogP contribution in [0.3, 0.4) is 0 Å². The van der Waals surface area contributed by atoms with Gasteiger partial charge in [0.25, 0.3) is 0 Å². The fourth-order valence-corrected chi connectivity index (χ4v) is 10.3. The fourth-order valence-electron chi connectivity index (χ4n) is 9.13. The van der Waals surface area contributed by atoms with Gasteiger partial charge in [-0.05, 0) is 82.3 Å². The summed E-state index contributed by atoms with van der Waals surface area (Å²) in [6.07, 6.45) is 9.89. The van der Waals surface area contributed by atoms with Crippen LogP contribution in [0.4, 0.5) is 0 Å². The quantitative estimate of drug-likeness (QED) is 0.159. The van der Waals surface area contributed by atoms with Crippen LogP contribution in [-0.2, 0) is 0 Å². The molecule has 1 unspecified atom stereocenters. The van der Waals surface area contributed by atoms with E-state index < -0.39 is 0 Å². The molecule has 11 aromatic rings. The minimum atomic E-state index is 0.0292. The fraction of sp³-hybridized carbons (Fsp3) is 0.0566. The Morgan fingerprint density at radius 2 is 1.25 bits per heavy atom. The largest absolute Gasteiger partial charge is 0.456 e. The van der Waals surface area contributed by atoms with Crippen LogP contribution in [0.2, 0.25) is 0 Å². The van der Waals surface area contributed by atoms with E-state index >= 15 is 0 Å². The zero-order valence-corrected chi connectivity index (χ0v) is 31.7. The Morgan fingerprint density at radius 3 is 2.07 bits per heavy atom. The van der Waals surface area contributed by atoms with Gasteiger partial charge < -0.3 is 13.4 Å². The number of furan rings is 2. The molecule has 1 aliphatic rings. The number of hydrogen-bond acceptors (Lipinski definition) is 3. The summed E-state index contributed by atoms with van der Waals surface area (Å²) < 4.78 is 18.1. The molecule has 4 heteroatoms. The van der Waals surface area contributed by atoms with Crippen LogP contribution in [0.25, 0.3) is 81.1 Å². The van der Waals surface area contributed by atoms with Gasteiger partial charge in [0.05, 0.1) is 10.2 Å². The number of fused-ring (bicyclic) bond motifs is 10. The van der Waals surface area contributed by atoms with Crippen molar-refractivity contribution in [2.24, 2.45) is 0 Å². The standard InChI is InChI=1S/C53H35NO2S/c1-3-11-33(12-4-1)35-19-23-37(24-20-35)49(38-25-21-36(22-26-38)34-13-5-2-6-14-34)39-27-29-41-44-32-40(28-30-46(44)55-47(41)31-39)54-50-42-15-7-9-17-45(42)56-52(50)53-51(54)43-16-8-10-18-48(43)57-53/h1-13,15-32,34,49H,14H2/t34?,49-/m0/s1. The Labute approximate surface area is 333 Å². The minimum Gasteiger partial charge on any atom is -0.456 e. The molecule has 1 aliphatic carbocycles. The van der Waals surface area contributed by atoms with Crippen molar-refractivity contribution in [1.29, 1.82) is 0 Å². The highest BCUT2D eigenvalue weighted by molar-refractivity contribution is 7.26. The minimum absolute atomic E-state index is 0.0292. The van der Waals surface area contributed by atoms with Gasteiger partial charge in [0.1, 0.15) is 22.3 Å². The monoisotopic (exact) mass is 749 g/mol. The zero-order valence-electron chi connectivity index (χ0n) is 30.9. The average Bonchev–Trinajstić information content (AvgIpc) is 4.03. The first kappa shape index (κ1) is 32.4. The van der Waals surface area contributed by atoms with E-state index in [2.05, 4.69) is 187 Å². The highest BCUT2D eigenvalue weighted by atomic mass is 32.1. The van der Waals surface area contributed by atoms with Crippen molar-refractivity contribution in [2.75, 3.05) is 0 Å². The van der Waals surface area contributed by atoms with Crippen molar-refractivity contribution in [2.45, 2.75) is 18.3 Å². The number of thiophene rings is 1. The zero-order chi connectivity index (χ0) is 37.5. The van der Waals surface area contributed by atoms with Crippen LogP contribution in [0.1, 0.15) is 40.5 Å². The van der Waals surface area contributed by atoms with E-state index in [0.717, 1.165) is 56.1 Å². The maximum atomic E-state index is 6.71. The van der Waals surface area contributed by atoms with Gasteiger partial charge in [-0.3, -0.25) is 0 Å². The van der Waals surface area contributed by atoms with Crippen molar-refractivity contribution < 1.29 is 8.83 Å². The van der Waals surface area contributed by atoms with E-state index in [1.54, 1.807) is 11.3 Å². The number of nitrogens with zero attached hydrogens (tertiary/aromatic N) is 1. The van der Waals surface area contributed by atoms with E-state index in [0.29, 0.717) is 5.92 Å². The number of hydrogen-bond donors (Lipinski definition) is 0. The van der Waals surface area contributed by atoms with Crippen molar-refractivity contribution in [1.82, 2.24) is 4.57 Å². The molecule has 0 aliphatic heterocycles. The Kier molecular flexibility index (Phi) is 7.29. The second-order valence-electron chi connectivity index (χ2n) is 15.2. The summed E-state index contributed by atoms with van der Waals surface area (Å²) in [5.74, 6) is 0.440. The first-order valence-corrected chi connectivity index (χ1v) is 20.5. The summed E-state index contributed by atoms with van der Waals surface area (Å²) in [6.45, 7) is 0. The molecule has 0 fully saturated rings. The summed E-state index contributed by atoms with van der Waals surface area (Å²) >= 11 is 1.80. The van der Waals surface area contributed by atoms with Gasteiger partial charge in [0, 0.05) is 43.8 Å². The molecule has 0 saturated heterocycles. The van der Waals surface area contributed by atoms with Crippen LogP contribution in [-0.4, -0.2) is 4.57 Å². The smallest absolute Gasteiger partial charge is 0.171 e. The molecular weight excluding hydrogens is 715 g/mol. The van der Waals surface area contributed by atoms with Gasteiger partial charge in [0.2, 0.25) is 0 Å². The van der Waals surface area contributed by atoms with E-state index in [9.17, 15) is 0 Å². The second-order valence-corrected chi connectivity index (χ2v) is 16.2. The molecule has 3 nitrogen and oxygen atoms in total. The molecule has 4 aromatic heterocycles. The number of aromatic nitrogens is 1. The van der Waals surface area contributed by atoms with Crippen molar-refractivity contribution >= 4 is 75.6 Å². The predicted octanol–water partition coefficient (Wildman–Crippen LogP) is 15.1. The van der Waals surface area contributed by atoms with Crippen LogP contribution >= 0.6 is 11.3 Å². The lowest BCUT2D eigenvalue weighted by Gasteiger charge is -2.21. The molecule has 0 N–H and O–H groups in total. The highest BCUT2D eigenvalue weighted by Gasteiger charge is 2.24. The summed E-state index contributed by atoms with van der Waals surface area (Å²) in [4.78, 5) is 0. The van der Waals surface area contributed by atoms with Gasteiger partial charge in [-0.25, -0.2) is 0 Å². The maximum Gasteiger partial charge on any atom is 0.171 e. The first-order chi connectivity index (χ1) is 28.2. The van der Waals surface area contributed by atoms with Crippen LogP contribution < -0.4 is 0 Å². The normalized spacial score (nSPS) is 14.9. The lowest BCUT2D eigenvalue weighted by molar-refractivity contribution is 0.668. The lowest BCUT2D eigenvalue weighted by atomic mass is 9.83. The van der Waals surface area contributed by atoms with Crippen molar-refractivity contribution in [3.63, 3.8) is 0 Å². The first-order valence-electron chi connectivity index (χ1n) is 19.6. The average molecular weight is 750 g/mol. The van der Waals surface area contributed by atoms with Gasteiger partial charge in [-0.15, -0.1) is 11.3 Å². The molecule has 0 spiro atoms. The van der Waals surface area contributed by atoms with Gasteiger partial charge in [-0.2, -0.15) is 0 Å². The van der Waals surface area contributed by atoms with E-state index in [-0.39, 0.29) is 5.92 Å². The third kappa shape index (κ3) is 5.18. The molecule has 270 valence electrons. The Balaban J connectivity index is 1.00. The summed E-state index contributed by atoms with van der Waals surface area (Å²) in [7, 11) is 0. The van der Waals surface area contributed by atoms with E-state index in [1.807, 2.05) is 6.07 Å². The Bertz CT molecular complexity index is 3280. The SMILES string of the molecule is C1=CCC(c2ccc([C@H](c3ccc(-c4ccccc4)cc3)c3ccc4c(c3)oc3ccc(-n5c6c7ccccc7oc6c6sc7ccccc7c65)cc34)cc2)C=C1. The van der Waals surface area contributed by atoms with Crippen molar-refractivity contribution in [3.05, 3.63) is 210 Å². The number of benzene rings is 7. The summed E-state index contributed by atoms with van der Waals surface area (Å²) in [5, 5.41) is 4.55.